The third kappa shape index (κ3) is 3.01. The van der Waals surface area contributed by atoms with Gasteiger partial charge in [-0.1, -0.05) is 25.0 Å². The number of halogens is 1. The summed E-state index contributed by atoms with van der Waals surface area (Å²) in [6, 6.07) is 4.69. The van der Waals surface area contributed by atoms with E-state index in [0.29, 0.717) is 19.0 Å². The van der Waals surface area contributed by atoms with E-state index in [0.717, 1.165) is 24.8 Å². The third-order valence-corrected chi connectivity index (χ3v) is 4.29. The molecule has 1 amide bonds. The van der Waals surface area contributed by atoms with Gasteiger partial charge < -0.3 is 10.6 Å². The number of piperidine rings is 1. The number of aryl methyl sites for hydroxylation is 1. The van der Waals surface area contributed by atoms with Crippen molar-refractivity contribution in [3.63, 3.8) is 0 Å². The second kappa shape index (κ2) is 6.35. The van der Waals surface area contributed by atoms with E-state index in [1.165, 1.54) is 6.07 Å². The zero-order valence-electron chi connectivity index (χ0n) is 12.2. The van der Waals surface area contributed by atoms with E-state index < -0.39 is 5.82 Å². The number of rotatable bonds is 3. The number of carbonyl (C=O) groups excluding carboxylic acids is 1. The fraction of sp³-hybridized carbons (Fsp3) is 0.562. The minimum Gasteiger partial charge on any atom is -0.334 e. The Morgan fingerprint density at radius 1 is 1.50 bits per heavy atom. The summed E-state index contributed by atoms with van der Waals surface area (Å²) in [5.74, 6) is -0.0554. The van der Waals surface area contributed by atoms with Crippen molar-refractivity contribution in [3.05, 3.63) is 35.1 Å². The second-order valence-corrected chi connectivity index (χ2v) is 5.67. The minimum absolute atomic E-state index is 0.0288. The number of carbonyl (C=O) groups is 1. The van der Waals surface area contributed by atoms with Crippen LogP contribution in [0, 0.1) is 18.7 Å². The fourth-order valence-electron chi connectivity index (χ4n) is 2.95. The number of likely N-dealkylation sites (tertiary alicyclic amines) is 1. The summed E-state index contributed by atoms with van der Waals surface area (Å²) in [5.41, 5.74) is 6.86. The molecule has 0 aliphatic carbocycles. The lowest BCUT2D eigenvalue weighted by molar-refractivity contribution is 0.0554. The van der Waals surface area contributed by atoms with Gasteiger partial charge in [-0.05, 0) is 37.8 Å². The largest absolute Gasteiger partial charge is 0.334 e. The number of hydrogen-bond donors (Lipinski definition) is 1. The van der Waals surface area contributed by atoms with Crippen LogP contribution in [0.2, 0.25) is 0 Å². The molecule has 1 aromatic rings. The van der Waals surface area contributed by atoms with Crippen LogP contribution >= 0.6 is 0 Å². The lowest BCUT2D eigenvalue weighted by atomic mass is 9.88. The maximum Gasteiger partial charge on any atom is 0.257 e. The molecule has 1 aromatic carbocycles. The molecule has 0 bridgehead atoms. The van der Waals surface area contributed by atoms with Gasteiger partial charge in [0.2, 0.25) is 0 Å². The highest BCUT2D eigenvalue weighted by Crippen LogP contribution is 2.26. The summed E-state index contributed by atoms with van der Waals surface area (Å²) in [6.07, 6.45) is 3.01. The van der Waals surface area contributed by atoms with Crippen LogP contribution in [0.25, 0.3) is 0 Å². The maximum atomic E-state index is 13.9. The molecule has 110 valence electrons. The number of nitrogens with two attached hydrogens (primary N) is 1. The molecule has 2 rings (SSSR count). The molecule has 2 unspecified atom stereocenters. The Hall–Kier alpha value is -1.42. The molecular weight excluding hydrogens is 255 g/mol. The van der Waals surface area contributed by atoms with Crippen LogP contribution in [0.1, 0.15) is 42.1 Å². The molecule has 1 aliphatic heterocycles. The zero-order valence-corrected chi connectivity index (χ0v) is 12.2. The van der Waals surface area contributed by atoms with Crippen molar-refractivity contribution < 1.29 is 9.18 Å². The Morgan fingerprint density at radius 3 is 2.90 bits per heavy atom. The quantitative estimate of drug-likeness (QED) is 0.924. The Morgan fingerprint density at radius 2 is 2.25 bits per heavy atom. The number of hydrogen-bond acceptors (Lipinski definition) is 2. The molecule has 0 saturated carbocycles. The molecule has 0 radical (unpaired) electrons. The molecule has 2 N–H and O–H groups in total. The van der Waals surface area contributed by atoms with Crippen molar-refractivity contribution in [1.82, 2.24) is 4.90 Å². The average molecular weight is 278 g/mol. The second-order valence-electron chi connectivity index (χ2n) is 5.67. The van der Waals surface area contributed by atoms with Crippen LogP contribution < -0.4 is 5.73 Å². The predicted octanol–water partition coefficient (Wildman–Crippen LogP) is 2.72. The smallest absolute Gasteiger partial charge is 0.257 e. The van der Waals surface area contributed by atoms with Crippen LogP contribution in [0.15, 0.2) is 18.2 Å². The molecular formula is C16H23FN2O. The molecule has 1 saturated heterocycles. The molecule has 0 spiro atoms. The molecule has 1 heterocycles. The Labute approximate surface area is 120 Å². The summed E-state index contributed by atoms with van der Waals surface area (Å²) in [7, 11) is 0. The standard InChI is InChI=1S/C16H23FN2O/c1-3-12-6-7-19(13(9-12)10-18)16(20)14-8-11(2)4-5-15(14)17/h4-5,8,12-13H,3,6-7,9-10,18H2,1-2H3. The van der Waals surface area contributed by atoms with Gasteiger partial charge in [-0.3, -0.25) is 4.79 Å². The van der Waals surface area contributed by atoms with E-state index in [1.807, 2.05) is 6.92 Å². The zero-order chi connectivity index (χ0) is 14.7. The molecule has 0 aromatic heterocycles. The van der Waals surface area contributed by atoms with Crippen molar-refractivity contribution in [2.45, 2.75) is 39.2 Å². The Bertz CT molecular complexity index is 489. The van der Waals surface area contributed by atoms with E-state index in [2.05, 4.69) is 6.92 Å². The van der Waals surface area contributed by atoms with Crippen LogP contribution in [-0.4, -0.2) is 29.9 Å². The van der Waals surface area contributed by atoms with Crippen LogP contribution in [0.4, 0.5) is 4.39 Å². The van der Waals surface area contributed by atoms with E-state index >= 15 is 0 Å². The van der Waals surface area contributed by atoms with Gasteiger partial charge >= 0.3 is 0 Å². The first-order valence-corrected chi connectivity index (χ1v) is 7.34. The number of benzene rings is 1. The SMILES string of the molecule is CCC1CCN(C(=O)c2cc(C)ccc2F)C(CN)C1. The minimum atomic E-state index is -0.450. The number of amides is 1. The summed E-state index contributed by atoms with van der Waals surface area (Å²) in [5, 5.41) is 0. The van der Waals surface area contributed by atoms with Crippen molar-refractivity contribution in [1.29, 1.82) is 0 Å². The lowest BCUT2D eigenvalue weighted by Crippen LogP contribution is -2.49. The highest BCUT2D eigenvalue weighted by molar-refractivity contribution is 5.95. The normalized spacial score (nSPS) is 22.9. The van der Waals surface area contributed by atoms with Crippen molar-refractivity contribution in [2.75, 3.05) is 13.1 Å². The molecule has 2 atom stereocenters. The summed E-state index contributed by atoms with van der Waals surface area (Å²) < 4.78 is 13.9. The van der Waals surface area contributed by atoms with Crippen LogP contribution in [0.3, 0.4) is 0 Å². The van der Waals surface area contributed by atoms with E-state index in [4.69, 9.17) is 5.73 Å². The van der Waals surface area contributed by atoms with Gasteiger partial charge in [0.25, 0.3) is 5.91 Å². The predicted molar refractivity (Wildman–Crippen MR) is 78.0 cm³/mol. The summed E-state index contributed by atoms with van der Waals surface area (Å²) >= 11 is 0. The van der Waals surface area contributed by atoms with Gasteiger partial charge in [-0.25, -0.2) is 4.39 Å². The van der Waals surface area contributed by atoms with Crippen molar-refractivity contribution in [2.24, 2.45) is 11.7 Å². The third-order valence-electron chi connectivity index (χ3n) is 4.29. The Kier molecular flexibility index (Phi) is 4.76. The van der Waals surface area contributed by atoms with Gasteiger partial charge in [-0.2, -0.15) is 0 Å². The van der Waals surface area contributed by atoms with Gasteiger partial charge in [0.05, 0.1) is 5.56 Å². The molecule has 3 nitrogen and oxygen atoms in total. The molecule has 1 aliphatic rings. The maximum absolute atomic E-state index is 13.9. The Balaban J connectivity index is 2.21. The number of nitrogens with zero attached hydrogens (tertiary/aromatic N) is 1. The van der Waals surface area contributed by atoms with Crippen LogP contribution in [0.5, 0.6) is 0 Å². The highest BCUT2D eigenvalue weighted by Gasteiger charge is 2.31. The average Bonchev–Trinajstić information content (AvgIpc) is 2.48. The highest BCUT2D eigenvalue weighted by atomic mass is 19.1. The first-order chi connectivity index (χ1) is 9.56. The van der Waals surface area contributed by atoms with E-state index in [1.54, 1.807) is 17.0 Å². The van der Waals surface area contributed by atoms with E-state index in [9.17, 15) is 9.18 Å². The first kappa shape index (κ1) is 15.0. The van der Waals surface area contributed by atoms with Gasteiger partial charge in [-0.15, -0.1) is 0 Å². The summed E-state index contributed by atoms with van der Waals surface area (Å²) in [6.45, 7) is 5.14. The first-order valence-electron chi connectivity index (χ1n) is 7.34. The molecule has 20 heavy (non-hydrogen) atoms. The van der Waals surface area contributed by atoms with Gasteiger partial charge in [0.15, 0.2) is 0 Å². The lowest BCUT2D eigenvalue weighted by Gasteiger charge is -2.39. The molecule has 1 fully saturated rings. The van der Waals surface area contributed by atoms with E-state index in [-0.39, 0.29) is 17.5 Å². The van der Waals surface area contributed by atoms with Crippen molar-refractivity contribution in [3.8, 4) is 0 Å². The van der Waals surface area contributed by atoms with Gasteiger partial charge in [0, 0.05) is 19.1 Å². The fourth-order valence-corrected chi connectivity index (χ4v) is 2.95. The van der Waals surface area contributed by atoms with Gasteiger partial charge in [0.1, 0.15) is 5.82 Å². The summed E-state index contributed by atoms with van der Waals surface area (Å²) in [4.78, 5) is 14.3. The van der Waals surface area contributed by atoms with Crippen LogP contribution in [-0.2, 0) is 0 Å². The monoisotopic (exact) mass is 278 g/mol. The van der Waals surface area contributed by atoms with Crippen molar-refractivity contribution >= 4 is 5.91 Å². The molecule has 4 heteroatoms. The topological polar surface area (TPSA) is 46.3 Å².